The number of aliphatic imine (C=N–C) groups is 1. The molecule has 6 heteroatoms. The Morgan fingerprint density at radius 2 is 2.00 bits per heavy atom. The smallest absolute Gasteiger partial charge is 0.264 e. The van der Waals surface area contributed by atoms with E-state index in [0.29, 0.717) is 15.1 Å². The predicted molar refractivity (Wildman–Crippen MR) is 86.6 cm³/mol. The summed E-state index contributed by atoms with van der Waals surface area (Å²) in [6.45, 7) is 0. The highest BCUT2D eigenvalue weighted by Crippen LogP contribution is 2.29. The van der Waals surface area contributed by atoms with Crippen molar-refractivity contribution in [3.8, 4) is 0 Å². The zero-order valence-electron chi connectivity index (χ0n) is 10.2. The molecule has 1 saturated heterocycles. The molecule has 20 heavy (non-hydrogen) atoms. The number of thiophene rings is 1. The van der Waals surface area contributed by atoms with E-state index in [1.807, 2.05) is 35.7 Å². The molecule has 2 aromatic rings. The van der Waals surface area contributed by atoms with Gasteiger partial charge in [-0.1, -0.05) is 17.7 Å². The van der Waals surface area contributed by atoms with Gasteiger partial charge in [0, 0.05) is 9.90 Å². The molecule has 0 atom stereocenters. The maximum absolute atomic E-state index is 11.9. The first kappa shape index (κ1) is 13.4. The van der Waals surface area contributed by atoms with E-state index in [9.17, 15) is 4.79 Å². The van der Waals surface area contributed by atoms with Crippen LogP contribution >= 0.6 is 34.7 Å². The van der Waals surface area contributed by atoms with Crippen molar-refractivity contribution in [2.75, 3.05) is 0 Å². The van der Waals surface area contributed by atoms with Gasteiger partial charge in [0.15, 0.2) is 5.17 Å². The summed E-state index contributed by atoms with van der Waals surface area (Å²) in [5, 5.41) is 5.98. The number of nitrogens with one attached hydrogen (secondary N) is 1. The number of amidine groups is 1. The van der Waals surface area contributed by atoms with Crippen LogP contribution in [0.15, 0.2) is 51.7 Å². The average molecular weight is 321 g/mol. The van der Waals surface area contributed by atoms with Crippen LogP contribution in [0, 0.1) is 0 Å². The molecule has 0 unspecified atom stereocenters. The SMILES string of the molecule is O=C1NC(=Nc2ccc(Cl)cc2)S/C1=C\c1cccs1. The lowest BCUT2D eigenvalue weighted by Crippen LogP contribution is -2.19. The highest BCUT2D eigenvalue weighted by molar-refractivity contribution is 8.18. The summed E-state index contributed by atoms with van der Waals surface area (Å²) in [5.41, 5.74) is 0.759. The monoisotopic (exact) mass is 320 g/mol. The molecule has 1 amide bonds. The lowest BCUT2D eigenvalue weighted by Gasteiger charge is -1.96. The van der Waals surface area contributed by atoms with Crippen LogP contribution in [0.2, 0.25) is 5.02 Å². The topological polar surface area (TPSA) is 41.5 Å². The Hall–Kier alpha value is -1.56. The summed E-state index contributed by atoms with van der Waals surface area (Å²) in [4.78, 5) is 17.9. The van der Waals surface area contributed by atoms with E-state index < -0.39 is 0 Å². The molecule has 1 aromatic carbocycles. The Labute approximate surface area is 129 Å². The van der Waals surface area contributed by atoms with Crippen molar-refractivity contribution in [2.45, 2.75) is 0 Å². The van der Waals surface area contributed by atoms with Crippen molar-refractivity contribution in [1.29, 1.82) is 0 Å². The molecule has 1 fully saturated rings. The normalized spacial score (nSPS) is 18.8. The minimum absolute atomic E-state index is 0.115. The zero-order chi connectivity index (χ0) is 13.9. The Bertz CT molecular complexity index is 690. The predicted octanol–water partition coefficient (Wildman–Crippen LogP) is 4.29. The summed E-state index contributed by atoms with van der Waals surface area (Å²) in [6, 6.07) is 11.1. The van der Waals surface area contributed by atoms with Crippen LogP contribution in [0.3, 0.4) is 0 Å². The molecule has 100 valence electrons. The number of halogens is 1. The Kier molecular flexibility index (Phi) is 3.91. The van der Waals surface area contributed by atoms with E-state index in [2.05, 4.69) is 10.3 Å². The van der Waals surface area contributed by atoms with Crippen LogP contribution in [-0.2, 0) is 4.79 Å². The molecule has 3 nitrogen and oxygen atoms in total. The number of rotatable bonds is 2. The third kappa shape index (κ3) is 3.12. The third-order valence-electron chi connectivity index (χ3n) is 2.52. The van der Waals surface area contributed by atoms with Crippen molar-refractivity contribution in [3.05, 3.63) is 56.6 Å². The van der Waals surface area contributed by atoms with Crippen LogP contribution in [0.25, 0.3) is 6.08 Å². The second kappa shape index (κ2) is 5.83. The molecule has 1 N–H and O–H groups in total. The fourth-order valence-corrected chi connectivity index (χ4v) is 3.31. The average Bonchev–Trinajstić information content (AvgIpc) is 3.04. The van der Waals surface area contributed by atoms with E-state index in [1.54, 1.807) is 23.5 Å². The van der Waals surface area contributed by atoms with Crippen LogP contribution in [0.1, 0.15) is 4.88 Å². The molecule has 0 spiro atoms. The maximum Gasteiger partial charge on any atom is 0.264 e. The molecule has 0 saturated carbocycles. The van der Waals surface area contributed by atoms with E-state index in [-0.39, 0.29) is 5.91 Å². The van der Waals surface area contributed by atoms with E-state index >= 15 is 0 Å². The Morgan fingerprint density at radius 3 is 2.70 bits per heavy atom. The van der Waals surface area contributed by atoms with E-state index in [1.165, 1.54) is 11.8 Å². The van der Waals surface area contributed by atoms with Gasteiger partial charge in [-0.2, -0.15) is 0 Å². The first-order chi connectivity index (χ1) is 9.70. The van der Waals surface area contributed by atoms with Gasteiger partial charge in [0.25, 0.3) is 5.91 Å². The molecule has 0 radical (unpaired) electrons. The fraction of sp³-hybridized carbons (Fsp3) is 0. The summed E-state index contributed by atoms with van der Waals surface area (Å²) in [5.74, 6) is -0.115. The fourth-order valence-electron chi connectivity index (χ4n) is 1.62. The molecule has 0 bridgehead atoms. The van der Waals surface area contributed by atoms with Gasteiger partial charge in [-0.15, -0.1) is 11.3 Å². The number of amides is 1. The van der Waals surface area contributed by atoms with Crippen LogP contribution in [0.5, 0.6) is 0 Å². The zero-order valence-corrected chi connectivity index (χ0v) is 12.6. The third-order valence-corrected chi connectivity index (χ3v) is 4.51. The van der Waals surface area contributed by atoms with Crippen LogP contribution < -0.4 is 5.32 Å². The maximum atomic E-state index is 11.9. The number of carbonyl (C=O) groups excluding carboxylic acids is 1. The molecule has 3 rings (SSSR count). The molecule has 1 aliphatic rings. The van der Waals surface area contributed by atoms with Crippen LogP contribution in [-0.4, -0.2) is 11.1 Å². The lowest BCUT2D eigenvalue weighted by atomic mass is 10.3. The number of nitrogens with zero attached hydrogens (tertiary/aromatic N) is 1. The van der Waals surface area contributed by atoms with Gasteiger partial charge >= 0.3 is 0 Å². The van der Waals surface area contributed by atoms with Crippen molar-refractivity contribution >= 4 is 57.5 Å². The second-order valence-electron chi connectivity index (χ2n) is 3.97. The largest absolute Gasteiger partial charge is 0.300 e. The first-order valence-electron chi connectivity index (χ1n) is 5.79. The van der Waals surface area contributed by atoms with Gasteiger partial charge in [-0.3, -0.25) is 4.79 Å². The quantitative estimate of drug-likeness (QED) is 0.838. The summed E-state index contributed by atoms with van der Waals surface area (Å²) in [6.07, 6.45) is 1.87. The van der Waals surface area contributed by atoms with E-state index in [0.717, 1.165) is 10.6 Å². The van der Waals surface area contributed by atoms with E-state index in [4.69, 9.17) is 11.6 Å². The highest BCUT2D eigenvalue weighted by Gasteiger charge is 2.23. The molecule has 1 aromatic heterocycles. The number of benzene rings is 1. The lowest BCUT2D eigenvalue weighted by molar-refractivity contribution is -0.115. The van der Waals surface area contributed by atoms with Crippen molar-refractivity contribution < 1.29 is 4.79 Å². The molecule has 2 heterocycles. The molecular weight excluding hydrogens is 312 g/mol. The van der Waals surface area contributed by atoms with Crippen molar-refractivity contribution in [1.82, 2.24) is 5.32 Å². The Morgan fingerprint density at radius 1 is 1.20 bits per heavy atom. The summed E-state index contributed by atoms with van der Waals surface area (Å²) in [7, 11) is 0. The number of carbonyl (C=O) groups is 1. The van der Waals surface area contributed by atoms with Gasteiger partial charge in [0.05, 0.1) is 10.6 Å². The first-order valence-corrected chi connectivity index (χ1v) is 7.87. The van der Waals surface area contributed by atoms with Crippen LogP contribution in [0.4, 0.5) is 5.69 Å². The van der Waals surface area contributed by atoms with Crippen molar-refractivity contribution in [3.63, 3.8) is 0 Å². The van der Waals surface area contributed by atoms with Gasteiger partial charge in [-0.05, 0) is 53.5 Å². The highest BCUT2D eigenvalue weighted by atomic mass is 35.5. The molecular formula is C14H9ClN2OS2. The van der Waals surface area contributed by atoms with Gasteiger partial charge < -0.3 is 5.32 Å². The number of hydrogen-bond donors (Lipinski definition) is 1. The summed E-state index contributed by atoms with van der Waals surface area (Å²) < 4.78 is 0. The van der Waals surface area contributed by atoms with Gasteiger partial charge in [0.1, 0.15) is 0 Å². The number of hydrogen-bond acceptors (Lipinski definition) is 4. The van der Waals surface area contributed by atoms with Gasteiger partial charge in [0.2, 0.25) is 0 Å². The minimum atomic E-state index is -0.115. The molecule has 1 aliphatic heterocycles. The summed E-state index contributed by atoms with van der Waals surface area (Å²) >= 11 is 8.76. The van der Waals surface area contributed by atoms with Gasteiger partial charge in [-0.25, -0.2) is 4.99 Å². The van der Waals surface area contributed by atoms with Crippen molar-refractivity contribution in [2.24, 2.45) is 4.99 Å². The number of thioether (sulfide) groups is 1. The molecule has 0 aliphatic carbocycles. The second-order valence-corrected chi connectivity index (χ2v) is 6.42. The minimum Gasteiger partial charge on any atom is -0.300 e. The Balaban J connectivity index is 1.81. The standard InChI is InChI=1S/C14H9ClN2OS2/c15-9-3-5-10(6-4-9)16-14-17-13(18)12(20-14)8-11-2-1-7-19-11/h1-8H,(H,16,17,18)/b12-8-.